The van der Waals surface area contributed by atoms with Gasteiger partial charge in [0.2, 0.25) is 5.76 Å². The minimum atomic E-state index is -0.511. The van der Waals surface area contributed by atoms with Gasteiger partial charge in [-0.1, -0.05) is 6.07 Å². The Labute approximate surface area is 157 Å². The highest BCUT2D eigenvalue weighted by molar-refractivity contribution is 7.80. The predicted octanol–water partition coefficient (Wildman–Crippen LogP) is 3.30. The van der Waals surface area contributed by atoms with Crippen LogP contribution < -0.4 is 15.9 Å². The summed E-state index contributed by atoms with van der Waals surface area (Å²) in [5.41, 5.74) is 12.5. The highest BCUT2D eigenvalue weighted by Gasteiger charge is 2.29. The Morgan fingerprint density at radius 2 is 1.92 bits per heavy atom. The Hall–Kier alpha value is -2.67. The highest BCUT2D eigenvalue weighted by Crippen LogP contribution is 2.30. The second kappa shape index (κ2) is 7.29. The summed E-state index contributed by atoms with van der Waals surface area (Å²) < 4.78 is 11.3. The van der Waals surface area contributed by atoms with E-state index >= 15 is 0 Å². The Balaban J connectivity index is 1.91. The molecule has 0 saturated heterocycles. The van der Waals surface area contributed by atoms with Crippen molar-refractivity contribution in [1.29, 1.82) is 0 Å². The molecule has 6 nitrogen and oxygen atoms in total. The SMILES string of the molecule is Cc1cc(C)cc(OC(=O)c2oc3c(c2C)/C(=N/NC(N)=S)CCC3)c1. The maximum Gasteiger partial charge on any atom is 0.379 e. The van der Waals surface area contributed by atoms with Crippen molar-refractivity contribution in [3.8, 4) is 5.75 Å². The van der Waals surface area contributed by atoms with E-state index in [-0.39, 0.29) is 10.9 Å². The van der Waals surface area contributed by atoms with Gasteiger partial charge in [-0.3, -0.25) is 5.43 Å². The van der Waals surface area contributed by atoms with Gasteiger partial charge in [0.1, 0.15) is 11.5 Å². The summed E-state index contributed by atoms with van der Waals surface area (Å²) in [6.07, 6.45) is 2.39. The molecular formula is C19H21N3O3S. The fourth-order valence-electron chi connectivity index (χ4n) is 3.24. The molecule has 26 heavy (non-hydrogen) atoms. The quantitative estimate of drug-likeness (QED) is 0.372. The fraction of sp³-hybridized carbons (Fsp3) is 0.316. The molecule has 0 unspecified atom stereocenters. The second-order valence-corrected chi connectivity index (χ2v) is 6.90. The first kappa shape index (κ1) is 18.1. The first-order valence-corrected chi connectivity index (χ1v) is 8.81. The maximum absolute atomic E-state index is 12.6. The molecule has 3 rings (SSSR count). The smallest absolute Gasteiger partial charge is 0.379 e. The van der Waals surface area contributed by atoms with E-state index in [0.29, 0.717) is 5.75 Å². The number of carbonyl (C=O) groups is 1. The Kier molecular flexibility index (Phi) is 5.08. The number of nitrogens with one attached hydrogen (secondary N) is 1. The topological polar surface area (TPSA) is 89.8 Å². The maximum atomic E-state index is 12.6. The molecule has 0 radical (unpaired) electrons. The summed E-state index contributed by atoms with van der Waals surface area (Å²) in [7, 11) is 0. The van der Waals surface area contributed by atoms with Crippen molar-refractivity contribution < 1.29 is 13.9 Å². The molecule has 0 aliphatic heterocycles. The number of fused-ring (bicyclic) bond motifs is 1. The van der Waals surface area contributed by atoms with Crippen LogP contribution in [0.15, 0.2) is 27.7 Å². The third-order valence-electron chi connectivity index (χ3n) is 4.22. The van der Waals surface area contributed by atoms with Gasteiger partial charge in [-0.15, -0.1) is 0 Å². The van der Waals surface area contributed by atoms with E-state index in [4.69, 9.17) is 27.1 Å². The molecule has 0 spiro atoms. The number of hydrogen-bond donors (Lipinski definition) is 2. The molecule has 1 aliphatic rings. The Morgan fingerprint density at radius 3 is 2.58 bits per heavy atom. The van der Waals surface area contributed by atoms with E-state index in [2.05, 4.69) is 10.5 Å². The molecule has 0 saturated carbocycles. The van der Waals surface area contributed by atoms with E-state index in [1.165, 1.54) is 0 Å². The van der Waals surface area contributed by atoms with Gasteiger partial charge in [0, 0.05) is 17.5 Å². The molecule has 7 heteroatoms. The number of ether oxygens (including phenoxy) is 1. The molecule has 1 aromatic heterocycles. The summed E-state index contributed by atoms with van der Waals surface area (Å²) in [6.45, 7) is 5.75. The van der Waals surface area contributed by atoms with Gasteiger partial charge in [0.05, 0.1) is 5.71 Å². The number of hydrazone groups is 1. The lowest BCUT2D eigenvalue weighted by atomic mass is 9.93. The standard InChI is InChI=1S/C19H21N3O3S/c1-10-7-11(2)9-13(8-10)24-18(23)17-12(3)16-14(21-22-19(20)26)5-4-6-15(16)25-17/h7-9H,4-6H2,1-3H3,(H3,20,22,26)/b21-14+. The van der Waals surface area contributed by atoms with Gasteiger partial charge >= 0.3 is 5.97 Å². The van der Waals surface area contributed by atoms with Crippen molar-refractivity contribution in [2.75, 3.05) is 0 Å². The normalized spacial score (nSPS) is 14.8. The zero-order valence-corrected chi connectivity index (χ0v) is 15.8. The molecule has 136 valence electrons. The molecule has 0 amide bonds. The van der Waals surface area contributed by atoms with Crippen LogP contribution in [0, 0.1) is 20.8 Å². The summed E-state index contributed by atoms with van der Waals surface area (Å²) in [4.78, 5) is 12.6. The molecule has 3 N–H and O–H groups in total. The summed E-state index contributed by atoms with van der Waals surface area (Å²) in [5.74, 6) is 0.942. The van der Waals surface area contributed by atoms with Gasteiger partial charge in [0.25, 0.3) is 0 Å². The lowest BCUT2D eigenvalue weighted by molar-refractivity contribution is 0.0698. The summed E-state index contributed by atoms with van der Waals surface area (Å²) >= 11 is 4.80. The number of rotatable bonds is 3. The van der Waals surface area contributed by atoms with E-state index in [1.54, 1.807) is 0 Å². The molecule has 1 aliphatic carbocycles. The van der Waals surface area contributed by atoms with Crippen LogP contribution in [0.3, 0.4) is 0 Å². The molecule has 0 bridgehead atoms. The van der Waals surface area contributed by atoms with E-state index in [9.17, 15) is 4.79 Å². The minimum Gasteiger partial charge on any atom is -0.453 e. The van der Waals surface area contributed by atoms with Crippen LogP contribution in [0.1, 0.15) is 51.4 Å². The van der Waals surface area contributed by atoms with E-state index < -0.39 is 5.97 Å². The van der Waals surface area contributed by atoms with E-state index in [1.807, 2.05) is 39.0 Å². The zero-order valence-electron chi connectivity index (χ0n) is 15.0. The van der Waals surface area contributed by atoms with Crippen LogP contribution in [0.4, 0.5) is 0 Å². The monoisotopic (exact) mass is 371 g/mol. The van der Waals surface area contributed by atoms with Gasteiger partial charge in [-0.25, -0.2) is 4.79 Å². The minimum absolute atomic E-state index is 0.0974. The van der Waals surface area contributed by atoms with Crippen LogP contribution in [-0.2, 0) is 6.42 Å². The average molecular weight is 371 g/mol. The first-order valence-electron chi connectivity index (χ1n) is 8.40. The second-order valence-electron chi connectivity index (χ2n) is 6.46. The molecular weight excluding hydrogens is 350 g/mol. The largest absolute Gasteiger partial charge is 0.453 e. The third-order valence-corrected chi connectivity index (χ3v) is 4.31. The average Bonchev–Trinajstić information content (AvgIpc) is 2.89. The van der Waals surface area contributed by atoms with Crippen molar-refractivity contribution in [2.45, 2.75) is 40.0 Å². The third kappa shape index (κ3) is 3.77. The Bertz CT molecular complexity index is 895. The lowest BCUT2D eigenvalue weighted by Gasteiger charge is -2.13. The van der Waals surface area contributed by atoms with Gasteiger partial charge in [0.15, 0.2) is 5.11 Å². The number of carbonyl (C=O) groups excluding carboxylic acids is 1. The van der Waals surface area contributed by atoms with Gasteiger partial charge < -0.3 is 14.9 Å². The van der Waals surface area contributed by atoms with Crippen molar-refractivity contribution in [3.63, 3.8) is 0 Å². The van der Waals surface area contributed by atoms with Crippen molar-refractivity contribution >= 4 is 29.0 Å². The number of nitrogens with two attached hydrogens (primary N) is 1. The van der Waals surface area contributed by atoms with Crippen molar-refractivity contribution in [3.05, 3.63) is 52.0 Å². The van der Waals surface area contributed by atoms with Gasteiger partial charge in [-0.05, 0) is 69.1 Å². The molecule has 1 aromatic carbocycles. The van der Waals surface area contributed by atoms with Crippen LogP contribution in [0.5, 0.6) is 5.75 Å². The number of furan rings is 1. The molecule has 0 atom stereocenters. The summed E-state index contributed by atoms with van der Waals surface area (Å²) in [6, 6.07) is 5.66. The van der Waals surface area contributed by atoms with Crippen molar-refractivity contribution in [2.24, 2.45) is 10.8 Å². The molecule has 1 heterocycles. The molecule has 0 fully saturated rings. The number of hydrogen-bond acceptors (Lipinski definition) is 5. The highest BCUT2D eigenvalue weighted by atomic mass is 32.1. The number of esters is 1. The zero-order chi connectivity index (χ0) is 18.8. The molecule has 2 aromatic rings. The predicted molar refractivity (Wildman–Crippen MR) is 104 cm³/mol. The van der Waals surface area contributed by atoms with E-state index in [0.717, 1.165) is 53.0 Å². The van der Waals surface area contributed by atoms with Crippen LogP contribution in [-0.4, -0.2) is 16.8 Å². The summed E-state index contributed by atoms with van der Waals surface area (Å²) in [5, 5.41) is 4.35. The van der Waals surface area contributed by atoms with Crippen LogP contribution in [0.25, 0.3) is 0 Å². The van der Waals surface area contributed by atoms with Crippen molar-refractivity contribution in [1.82, 2.24) is 5.43 Å². The number of aryl methyl sites for hydroxylation is 3. The van der Waals surface area contributed by atoms with Crippen LogP contribution in [0.2, 0.25) is 0 Å². The van der Waals surface area contributed by atoms with Gasteiger partial charge in [-0.2, -0.15) is 5.10 Å². The number of nitrogens with zero attached hydrogens (tertiary/aromatic N) is 1. The number of benzene rings is 1. The first-order chi connectivity index (χ1) is 12.3. The lowest BCUT2D eigenvalue weighted by Crippen LogP contribution is -2.26. The number of thiocarbonyl (C=S) groups is 1. The van der Waals surface area contributed by atoms with Crippen LogP contribution >= 0.6 is 12.2 Å². The Morgan fingerprint density at radius 1 is 1.23 bits per heavy atom. The fourth-order valence-corrected chi connectivity index (χ4v) is 3.29.